The first kappa shape index (κ1) is 10.6. The standard InChI is InChI=1S/C13H17FO/c1-9-3-8-13(15-9)10(2)11-4-6-12(14)7-5-11/h4-7,9-10,13H,3,8H2,1-2H3. The second-order valence-corrected chi connectivity index (χ2v) is 4.40. The van der Waals surface area contributed by atoms with Crippen molar-refractivity contribution in [1.82, 2.24) is 0 Å². The lowest BCUT2D eigenvalue weighted by atomic mass is 9.93. The fraction of sp³-hybridized carbons (Fsp3) is 0.538. The van der Waals surface area contributed by atoms with Crippen LogP contribution in [0.1, 0.15) is 38.2 Å². The van der Waals surface area contributed by atoms with Gasteiger partial charge in [-0.1, -0.05) is 19.1 Å². The molecule has 1 aliphatic rings. The van der Waals surface area contributed by atoms with Gasteiger partial charge in [0.1, 0.15) is 5.82 Å². The maximum atomic E-state index is 12.8. The Kier molecular flexibility index (Phi) is 3.06. The van der Waals surface area contributed by atoms with Gasteiger partial charge in [-0.05, 0) is 37.5 Å². The molecule has 0 radical (unpaired) electrons. The molecular formula is C13H17FO. The molecule has 1 aromatic carbocycles. The third-order valence-corrected chi connectivity index (χ3v) is 3.22. The minimum Gasteiger partial charge on any atom is -0.375 e. The van der Waals surface area contributed by atoms with E-state index in [9.17, 15) is 4.39 Å². The van der Waals surface area contributed by atoms with Gasteiger partial charge in [0.15, 0.2) is 0 Å². The molecule has 3 unspecified atom stereocenters. The fourth-order valence-corrected chi connectivity index (χ4v) is 2.18. The molecule has 0 amide bonds. The van der Waals surface area contributed by atoms with E-state index in [2.05, 4.69) is 13.8 Å². The van der Waals surface area contributed by atoms with Crippen LogP contribution >= 0.6 is 0 Å². The smallest absolute Gasteiger partial charge is 0.123 e. The van der Waals surface area contributed by atoms with Crippen LogP contribution in [0.15, 0.2) is 24.3 Å². The van der Waals surface area contributed by atoms with Crippen LogP contribution in [0.5, 0.6) is 0 Å². The van der Waals surface area contributed by atoms with E-state index in [0.717, 1.165) is 18.4 Å². The summed E-state index contributed by atoms with van der Waals surface area (Å²) in [7, 11) is 0. The zero-order chi connectivity index (χ0) is 10.8. The summed E-state index contributed by atoms with van der Waals surface area (Å²) in [5, 5.41) is 0. The van der Waals surface area contributed by atoms with Crippen molar-refractivity contribution in [3.63, 3.8) is 0 Å². The molecule has 2 rings (SSSR count). The molecule has 2 heteroatoms. The molecule has 82 valence electrons. The lowest BCUT2D eigenvalue weighted by Crippen LogP contribution is -2.16. The Hall–Kier alpha value is -0.890. The summed E-state index contributed by atoms with van der Waals surface area (Å²) >= 11 is 0. The first-order chi connectivity index (χ1) is 7.16. The van der Waals surface area contributed by atoms with Crippen LogP contribution in [-0.2, 0) is 4.74 Å². The Labute approximate surface area is 90.3 Å². The van der Waals surface area contributed by atoms with Crippen molar-refractivity contribution in [2.45, 2.75) is 44.8 Å². The lowest BCUT2D eigenvalue weighted by molar-refractivity contribution is 0.0425. The highest BCUT2D eigenvalue weighted by Gasteiger charge is 2.27. The Morgan fingerprint density at radius 3 is 2.47 bits per heavy atom. The van der Waals surface area contributed by atoms with Crippen molar-refractivity contribution in [3.05, 3.63) is 35.6 Å². The van der Waals surface area contributed by atoms with Gasteiger partial charge in [0.05, 0.1) is 12.2 Å². The van der Waals surface area contributed by atoms with E-state index in [4.69, 9.17) is 4.74 Å². The molecule has 0 aromatic heterocycles. The fourth-order valence-electron chi connectivity index (χ4n) is 2.18. The van der Waals surface area contributed by atoms with Crippen molar-refractivity contribution >= 4 is 0 Å². The first-order valence-corrected chi connectivity index (χ1v) is 5.57. The molecule has 1 aromatic rings. The maximum Gasteiger partial charge on any atom is 0.123 e. The second kappa shape index (κ2) is 4.31. The molecule has 0 aliphatic carbocycles. The minimum absolute atomic E-state index is 0.174. The van der Waals surface area contributed by atoms with Crippen molar-refractivity contribution in [2.24, 2.45) is 0 Å². The van der Waals surface area contributed by atoms with Crippen molar-refractivity contribution in [1.29, 1.82) is 0 Å². The van der Waals surface area contributed by atoms with Crippen LogP contribution in [-0.4, -0.2) is 12.2 Å². The molecule has 1 saturated heterocycles. The highest BCUT2D eigenvalue weighted by atomic mass is 19.1. The van der Waals surface area contributed by atoms with E-state index >= 15 is 0 Å². The largest absolute Gasteiger partial charge is 0.375 e. The second-order valence-electron chi connectivity index (χ2n) is 4.40. The highest BCUT2D eigenvalue weighted by Crippen LogP contribution is 2.31. The van der Waals surface area contributed by atoms with Gasteiger partial charge in [0.25, 0.3) is 0 Å². The third-order valence-electron chi connectivity index (χ3n) is 3.22. The van der Waals surface area contributed by atoms with Gasteiger partial charge in [0.2, 0.25) is 0 Å². The summed E-state index contributed by atoms with van der Waals surface area (Å²) < 4.78 is 18.6. The zero-order valence-electron chi connectivity index (χ0n) is 9.24. The van der Waals surface area contributed by atoms with Gasteiger partial charge in [0, 0.05) is 5.92 Å². The van der Waals surface area contributed by atoms with Crippen LogP contribution in [0.2, 0.25) is 0 Å². The van der Waals surface area contributed by atoms with E-state index < -0.39 is 0 Å². The SMILES string of the molecule is CC1CCC(C(C)c2ccc(F)cc2)O1. The van der Waals surface area contributed by atoms with E-state index in [1.807, 2.05) is 12.1 Å². The monoisotopic (exact) mass is 208 g/mol. The summed E-state index contributed by atoms with van der Waals surface area (Å²) in [4.78, 5) is 0. The number of halogens is 1. The Morgan fingerprint density at radius 2 is 1.93 bits per heavy atom. The molecule has 1 heterocycles. The highest BCUT2D eigenvalue weighted by molar-refractivity contribution is 5.21. The average molecular weight is 208 g/mol. The molecule has 0 saturated carbocycles. The molecule has 0 bridgehead atoms. The molecule has 0 N–H and O–H groups in total. The van der Waals surface area contributed by atoms with E-state index in [1.165, 1.54) is 12.1 Å². The van der Waals surface area contributed by atoms with E-state index in [0.29, 0.717) is 18.1 Å². The summed E-state index contributed by atoms with van der Waals surface area (Å²) in [6.45, 7) is 4.26. The minimum atomic E-state index is -0.174. The lowest BCUT2D eigenvalue weighted by Gasteiger charge is -2.19. The van der Waals surface area contributed by atoms with Crippen molar-refractivity contribution < 1.29 is 9.13 Å². The number of hydrogen-bond acceptors (Lipinski definition) is 1. The Morgan fingerprint density at radius 1 is 1.27 bits per heavy atom. The molecule has 15 heavy (non-hydrogen) atoms. The van der Waals surface area contributed by atoms with Gasteiger partial charge in [-0.3, -0.25) is 0 Å². The van der Waals surface area contributed by atoms with Crippen molar-refractivity contribution in [2.75, 3.05) is 0 Å². The first-order valence-electron chi connectivity index (χ1n) is 5.57. The maximum absolute atomic E-state index is 12.8. The Bertz CT molecular complexity index is 320. The predicted molar refractivity (Wildman–Crippen MR) is 58.4 cm³/mol. The van der Waals surface area contributed by atoms with Gasteiger partial charge < -0.3 is 4.74 Å². The summed E-state index contributed by atoms with van der Waals surface area (Å²) in [5.74, 6) is 0.183. The topological polar surface area (TPSA) is 9.23 Å². The van der Waals surface area contributed by atoms with Gasteiger partial charge in [-0.15, -0.1) is 0 Å². The van der Waals surface area contributed by atoms with Crippen LogP contribution in [0.25, 0.3) is 0 Å². The number of benzene rings is 1. The van der Waals surface area contributed by atoms with Crippen molar-refractivity contribution in [3.8, 4) is 0 Å². The molecular weight excluding hydrogens is 191 g/mol. The molecule has 3 atom stereocenters. The average Bonchev–Trinajstić information content (AvgIpc) is 2.65. The van der Waals surface area contributed by atoms with Crippen LogP contribution < -0.4 is 0 Å². The number of hydrogen-bond donors (Lipinski definition) is 0. The van der Waals surface area contributed by atoms with Crippen LogP contribution in [0, 0.1) is 5.82 Å². The predicted octanol–water partition coefficient (Wildman–Crippen LogP) is 3.50. The quantitative estimate of drug-likeness (QED) is 0.722. The molecule has 0 spiro atoms. The zero-order valence-corrected chi connectivity index (χ0v) is 9.24. The molecule has 1 aliphatic heterocycles. The number of rotatable bonds is 2. The van der Waals surface area contributed by atoms with E-state index in [-0.39, 0.29) is 5.82 Å². The molecule has 1 fully saturated rings. The Balaban J connectivity index is 2.07. The molecule has 1 nitrogen and oxygen atoms in total. The summed E-state index contributed by atoms with van der Waals surface area (Å²) in [6.07, 6.45) is 2.92. The van der Waals surface area contributed by atoms with E-state index in [1.54, 1.807) is 0 Å². The normalized spacial score (nSPS) is 27.9. The van der Waals surface area contributed by atoms with Gasteiger partial charge in [-0.2, -0.15) is 0 Å². The van der Waals surface area contributed by atoms with Crippen LogP contribution in [0.3, 0.4) is 0 Å². The number of ether oxygens (including phenoxy) is 1. The summed E-state index contributed by atoms with van der Waals surface area (Å²) in [6, 6.07) is 6.74. The van der Waals surface area contributed by atoms with Gasteiger partial charge >= 0.3 is 0 Å². The van der Waals surface area contributed by atoms with Crippen LogP contribution in [0.4, 0.5) is 4.39 Å². The third kappa shape index (κ3) is 2.37. The summed E-state index contributed by atoms with van der Waals surface area (Å²) in [5.41, 5.74) is 1.16. The van der Waals surface area contributed by atoms with Gasteiger partial charge in [-0.25, -0.2) is 4.39 Å².